The average molecular weight is 236 g/mol. The number of aromatic hydroxyl groups is 1. The van der Waals surface area contributed by atoms with Crippen molar-refractivity contribution in [2.75, 3.05) is 18.0 Å². The van der Waals surface area contributed by atoms with Crippen molar-refractivity contribution in [3.8, 4) is 5.75 Å². The molecule has 0 aliphatic carbocycles. The highest BCUT2D eigenvalue weighted by atomic mass is 16.6. The van der Waals surface area contributed by atoms with E-state index in [4.69, 9.17) is 0 Å². The van der Waals surface area contributed by atoms with Gasteiger partial charge in [0.2, 0.25) is 0 Å². The Bertz CT molecular complexity index is 434. The third-order valence-electron chi connectivity index (χ3n) is 3.18. The van der Waals surface area contributed by atoms with E-state index in [1.807, 2.05) is 0 Å². The number of phenolic OH excluding ortho intramolecular Hbond substituents is 1. The Morgan fingerprint density at radius 3 is 2.88 bits per heavy atom. The maximum absolute atomic E-state index is 10.6. The standard InChI is InChI=1S/C12H16N2O3/c1-9-3-2-6-13(8-9)10-4-5-11(14(16)17)12(15)7-10/h4-5,7,9,15H,2-3,6,8H2,1H3. The fourth-order valence-electron chi connectivity index (χ4n) is 2.29. The van der Waals surface area contributed by atoms with Crippen molar-refractivity contribution >= 4 is 11.4 Å². The lowest BCUT2D eigenvalue weighted by atomic mass is 10.00. The van der Waals surface area contributed by atoms with Crippen molar-refractivity contribution < 1.29 is 10.0 Å². The van der Waals surface area contributed by atoms with Crippen LogP contribution in [0.15, 0.2) is 18.2 Å². The van der Waals surface area contributed by atoms with E-state index in [0.717, 1.165) is 25.2 Å². The third-order valence-corrected chi connectivity index (χ3v) is 3.18. The number of phenols is 1. The predicted molar refractivity (Wildman–Crippen MR) is 65.4 cm³/mol. The first kappa shape index (κ1) is 11.7. The number of rotatable bonds is 2. The van der Waals surface area contributed by atoms with Gasteiger partial charge in [-0.2, -0.15) is 0 Å². The molecule has 1 aromatic carbocycles. The first-order chi connectivity index (χ1) is 8.08. The number of anilines is 1. The van der Waals surface area contributed by atoms with Crippen LogP contribution < -0.4 is 4.90 Å². The van der Waals surface area contributed by atoms with Gasteiger partial charge in [-0.3, -0.25) is 10.1 Å². The predicted octanol–water partition coefficient (Wildman–Crippen LogP) is 2.54. The van der Waals surface area contributed by atoms with Crippen molar-refractivity contribution in [2.24, 2.45) is 5.92 Å². The normalized spacial score (nSPS) is 20.3. The summed E-state index contributed by atoms with van der Waals surface area (Å²) < 4.78 is 0. The first-order valence-electron chi connectivity index (χ1n) is 5.80. The van der Waals surface area contributed by atoms with Crippen LogP contribution in [0.2, 0.25) is 0 Å². The maximum Gasteiger partial charge on any atom is 0.310 e. The molecule has 0 bridgehead atoms. The van der Waals surface area contributed by atoms with Gasteiger partial charge in [-0.15, -0.1) is 0 Å². The van der Waals surface area contributed by atoms with Gasteiger partial charge in [0.05, 0.1) is 4.92 Å². The summed E-state index contributed by atoms with van der Waals surface area (Å²) in [5, 5.41) is 20.2. The topological polar surface area (TPSA) is 66.6 Å². The van der Waals surface area contributed by atoms with Crippen molar-refractivity contribution in [2.45, 2.75) is 19.8 Å². The fraction of sp³-hybridized carbons (Fsp3) is 0.500. The molecule has 1 fully saturated rings. The van der Waals surface area contributed by atoms with Crippen LogP contribution in [0.3, 0.4) is 0 Å². The molecule has 5 nitrogen and oxygen atoms in total. The molecule has 0 aromatic heterocycles. The molecule has 1 aliphatic rings. The van der Waals surface area contributed by atoms with Crippen LogP contribution >= 0.6 is 0 Å². The molecule has 1 N–H and O–H groups in total. The van der Waals surface area contributed by atoms with Crippen LogP contribution in [-0.4, -0.2) is 23.1 Å². The molecular weight excluding hydrogens is 220 g/mol. The fourth-order valence-corrected chi connectivity index (χ4v) is 2.29. The van der Waals surface area contributed by atoms with E-state index in [1.165, 1.54) is 18.6 Å². The molecule has 92 valence electrons. The second-order valence-electron chi connectivity index (χ2n) is 4.62. The number of nitrogens with zero attached hydrogens (tertiary/aromatic N) is 2. The summed E-state index contributed by atoms with van der Waals surface area (Å²) >= 11 is 0. The van der Waals surface area contributed by atoms with Crippen LogP contribution in [-0.2, 0) is 0 Å². The number of benzene rings is 1. The molecule has 1 unspecified atom stereocenters. The molecule has 1 saturated heterocycles. The van der Waals surface area contributed by atoms with E-state index < -0.39 is 4.92 Å². The average Bonchev–Trinajstić information content (AvgIpc) is 2.28. The van der Waals surface area contributed by atoms with E-state index in [9.17, 15) is 15.2 Å². The second kappa shape index (κ2) is 4.61. The number of hydrogen-bond donors (Lipinski definition) is 1. The molecule has 1 heterocycles. The Morgan fingerprint density at radius 2 is 2.29 bits per heavy atom. The van der Waals surface area contributed by atoms with Crippen LogP contribution in [0.5, 0.6) is 5.75 Å². The molecule has 17 heavy (non-hydrogen) atoms. The smallest absolute Gasteiger partial charge is 0.310 e. The van der Waals surface area contributed by atoms with E-state index in [2.05, 4.69) is 11.8 Å². The van der Waals surface area contributed by atoms with E-state index in [0.29, 0.717) is 5.92 Å². The molecule has 5 heteroatoms. The number of hydrogen-bond acceptors (Lipinski definition) is 4. The van der Waals surface area contributed by atoms with Gasteiger partial charge in [-0.05, 0) is 24.8 Å². The zero-order valence-electron chi connectivity index (χ0n) is 9.80. The van der Waals surface area contributed by atoms with Gasteiger partial charge in [-0.1, -0.05) is 6.92 Å². The SMILES string of the molecule is CC1CCCN(c2ccc([N+](=O)[O-])c(O)c2)C1. The van der Waals surface area contributed by atoms with E-state index in [1.54, 1.807) is 6.07 Å². The van der Waals surface area contributed by atoms with E-state index >= 15 is 0 Å². The molecule has 2 rings (SSSR count). The van der Waals surface area contributed by atoms with Gasteiger partial charge in [0.25, 0.3) is 0 Å². The minimum atomic E-state index is -0.571. The lowest BCUT2D eigenvalue weighted by Crippen LogP contribution is -2.34. The van der Waals surface area contributed by atoms with Crippen molar-refractivity contribution in [1.82, 2.24) is 0 Å². The second-order valence-corrected chi connectivity index (χ2v) is 4.62. The van der Waals surface area contributed by atoms with Crippen LogP contribution in [0.1, 0.15) is 19.8 Å². The number of nitro benzene ring substituents is 1. The minimum Gasteiger partial charge on any atom is -0.502 e. The van der Waals surface area contributed by atoms with Gasteiger partial charge in [-0.25, -0.2) is 0 Å². The highest BCUT2D eigenvalue weighted by Gasteiger charge is 2.19. The lowest BCUT2D eigenvalue weighted by molar-refractivity contribution is -0.385. The van der Waals surface area contributed by atoms with Crippen molar-refractivity contribution in [3.05, 3.63) is 28.3 Å². The van der Waals surface area contributed by atoms with Crippen molar-refractivity contribution in [3.63, 3.8) is 0 Å². The quantitative estimate of drug-likeness (QED) is 0.633. The number of nitro groups is 1. The molecule has 0 spiro atoms. The largest absolute Gasteiger partial charge is 0.502 e. The molecule has 0 radical (unpaired) electrons. The highest BCUT2D eigenvalue weighted by Crippen LogP contribution is 2.32. The third kappa shape index (κ3) is 2.49. The van der Waals surface area contributed by atoms with Gasteiger partial charge in [0, 0.05) is 30.9 Å². The molecular formula is C12H16N2O3. The van der Waals surface area contributed by atoms with Crippen LogP contribution in [0, 0.1) is 16.0 Å². The summed E-state index contributed by atoms with van der Waals surface area (Å²) in [7, 11) is 0. The lowest BCUT2D eigenvalue weighted by Gasteiger charge is -2.32. The zero-order valence-corrected chi connectivity index (χ0v) is 9.80. The summed E-state index contributed by atoms with van der Waals surface area (Å²) in [6, 6.07) is 4.55. The summed E-state index contributed by atoms with van der Waals surface area (Å²) in [4.78, 5) is 12.2. The molecule has 1 atom stereocenters. The zero-order chi connectivity index (χ0) is 12.4. The Labute approximate surface area is 99.8 Å². The molecule has 1 aromatic rings. The monoisotopic (exact) mass is 236 g/mol. The highest BCUT2D eigenvalue weighted by molar-refractivity contribution is 5.58. The molecule has 1 aliphatic heterocycles. The summed E-state index contributed by atoms with van der Waals surface area (Å²) in [5.41, 5.74) is 0.624. The van der Waals surface area contributed by atoms with Gasteiger partial charge < -0.3 is 10.0 Å². The maximum atomic E-state index is 10.6. The van der Waals surface area contributed by atoms with E-state index in [-0.39, 0.29) is 11.4 Å². The Kier molecular flexibility index (Phi) is 3.17. The summed E-state index contributed by atoms with van der Waals surface area (Å²) in [6.45, 7) is 4.08. The Morgan fingerprint density at radius 1 is 1.53 bits per heavy atom. The van der Waals surface area contributed by atoms with Gasteiger partial charge in [0.15, 0.2) is 5.75 Å². The Hall–Kier alpha value is -1.78. The molecule has 0 saturated carbocycles. The van der Waals surface area contributed by atoms with Crippen molar-refractivity contribution in [1.29, 1.82) is 0 Å². The van der Waals surface area contributed by atoms with Crippen LogP contribution in [0.4, 0.5) is 11.4 Å². The minimum absolute atomic E-state index is 0.237. The number of piperidine rings is 1. The Balaban J connectivity index is 2.22. The summed E-state index contributed by atoms with van der Waals surface area (Å²) in [6.07, 6.45) is 2.34. The van der Waals surface area contributed by atoms with Crippen LogP contribution in [0.25, 0.3) is 0 Å². The van der Waals surface area contributed by atoms with Gasteiger partial charge >= 0.3 is 5.69 Å². The first-order valence-corrected chi connectivity index (χ1v) is 5.80. The molecule has 0 amide bonds. The van der Waals surface area contributed by atoms with Gasteiger partial charge in [0.1, 0.15) is 0 Å². The summed E-state index contributed by atoms with van der Waals surface area (Å²) in [5.74, 6) is 0.367.